The number of carbonyl (C=O) groups is 2. The Kier molecular flexibility index (Phi) is 4.70. The Morgan fingerprint density at radius 2 is 1.12 bits per heavy atom. The van der Waals surface area contributed by atoms with Crippen LogP contribution in [-0.2, 0) is 19.4 Å². The van der Waals surface area contributed by atoms with Crippen molar-refractivity contribution in [1.29, 1.82) is 0 Å². The van der Waals surface area contributed by atoms with Gasteiger partial charge in [-0.05, 0) is 0 Å². The molecule has 0 rings (SSSR count). The largest absolute Gasteiger partial charge is 0.424 e. The van der Waals surface area contributed by atoms with Crippen LogP contribution in [0.2, 0.25) is 0 Å². The predicted octanol–water partition coefficient (Wildman–Crippen LogP) is 2.08. The lowest BCUT2D eigenvalue weighted by molar-refractivity contribution is -0.286. The Hall–Kier alpha value is -1.34. The molecule has 0 N–H and O–H groups in total. The van der Waals surface area contributed by atoms with E-state index in [2.05, 4.69) is 9.78 Å². The molecule has 0 amide bonds. The topological polar surface area (TPSA) is 52.6 Å². The molecule has 0 saturated carbocycles. The fraction of sp³-hybridized carbons (Fsp3) is 0.750. The monoisotopic (exact) mass is 246 g/mol. The Labute approximate surface area is 88.4 Å². The first-order valence-corrected chi connectivity index (χ1v) is 4.36. The average Bonchev–Trinajstić information content (AvgIpc) is 2.24. The molecule has 4 nitrogen and oxygen atoms in total. The molecule has 0 aromatic carbocycles. The van der Waals surface area contributed by atoms with E-state index in [1.807, 2.05) is 0 Å². The summed E-state index contributed by atoms with van der Waals surface area (Å²) in [5, 5.41) is 0. The fourth-order valence-corrected chi connectivity index (χ4v) is 0.486. The first-order valence-electron chi connectivity index (χ1n) is 4.36. The van der Waals surface area contributed by atoms with Crippen LogP contribution in [-0.4, -0.2) is 23.8 Å². The molecule has 8 heteroatoms. The van der Waals surface area contributed by atoms with Crippen molar-refractivity contribution in [3.63, 3.8) is 0 Å². The molecule has 0 fully saturated rings. The van der Waals surface area contributed by atoms with Gasteiger partial charge in [-0.15, -0.1) is 0 Å². The highest BCUT2D eigenvalue weighted by molar-refractivity contribution is 5.80. The quantitative estimate of drug-likeness (QED) is 0.433. The van der Waals surface area contributed by atoms with E-state index in [0.29, 0.717) is 0 Å². The number of halogens is 4. The van der Waals surface area contributed by atoms with Crippen LogP contribution in [0.3, 0.4) is 0 Å². The minimum absolute atomic E-state index is 0.895. The maximum absolute atomic E-state index is 12.5. The van der Waals surface area contributed by atoms with E-state index >= 15 is 0 Å². The number of carbonyl (C=O) groups excluding carboxylic acids is 2. The maximum Gasteiger partial charge on any atom is 0.424 e. The maximum atomic E-state index is 12.5. The number of hydrogen-bond acceptors (Lipinski definition) is 4. The van der Waals surface area contributed by atoms with E-state index in [-0.39, 0.29) is 0 Å². The second-order valence-corrected chi connectivity index (χ2v) is 2.86. The minimum atomic E-state index is -3.87. The van der Waals surface area contributed by atoms with Crippen LogP contribution in [0.25, 0.3) is 0 Å². The summed E-state index contributed by atoms with van der Waals surface area (Å²) in [6.07, 6.45) is -1.79. The molecular formula is C8H10F4O4. The fourth-order valence-electron chi connectivity index (χ4n) is 0.486. The molecule has 0 radical (unpaired) electrons. The van der Waals surface area contributed by atoms with Crippen molar-refractivity contribution in [3.05, 3.63) is 0 Å². The van der Waals surface area contributed by atoms with Crippen LogP contribution in [0.5, 0.6) is 0 Å². The molecule has 0 aromatic heterocycles. The molecule has 0 atom stereocenters. The van der Waals surface area contributed by atoms with Gasteiger partial charge in [-0.3, -0.25) is 0 Å². The SMILES string of the molecule is CCC(F)(F)C(=O)OOC(=O)C(F)(F)CC. The van der Waals surface area contributed by atoms with E-state index in [1.165, 1.54) is 0 Å². The van der Waals surface area contributed by atoms with Crippen LogP contribution >= 0.6 is 0 Å². The van der Waals surface area contributed by atoms with Crippen molar-refractivity contribution in [2.75, 3.05) is 0 Å². The van der Waals surface area contributed by atoms with Gasteiger partial charge in [0.2, 0.25) is 0 Å². The Bertz CT molecular complexity index is 249. The molecule has 0 heterocycles. The van der Waals surface area contributed by atoms with E-state index in [1.54, 1.807) is 0 Å². The molecule has 16 heavy (non-hydrogen) atoms. The first kappa shape index (κ1) is 14.7. The highest BCUT2D eigenvalue weighted by Gasteiger charge is 2.44. The van der Waals surface area contributed by atoms with Gasteiger partial charge in [-0.25, -0.2) is 19.4 Å². The van der Waals surface area contributed by atoms with Gasteiger partial charge in [0, 0.05) is 12.8 Å². The third kappa shape index (κ3) is 3.67. The minimum Gasteiger partial charge on any atom is -0.240 e. The lowest BCUT2D eigenvalue weighted by atomic mass is 10.3. The Morgan fingerprint density at radius 1 is 0.875 bits per heavy atom. The lowest BCUT2D eigenvalue weighted by Crippen LogP contribution is -2.35. The Morgan fingerprint density at radius 3 is 1.31 bits per heavy atom. The van der Waals surface area contributed by atoms with Crippen LogP contribution in [0, 0.1) is 0 Å². The summed E-state index contributed by atoms with van der Waals surface area (Å²) in [6.45, 7) is 1.95. The summed E-state index contributed by atoms with van der Waals surface area (Å²) in [7, 11) is 0. The smallest absolute Gasteiger partial charge is 0.240 e. The van der Waals surface area contributed by atoms with Crippen molar-refractivity contribution in [1.82, 2.24) is 0 Å². The van der Waals surface area contributed by atoms with Gasteiger partial charge >= 0.3 is 23.8 Å². The van der Waals surface area contributed by atoms with Crippen molar-refractivity contribution in [3.8, 4) is 0 Å². The van der Waals surface area contributed by atoms with Crippen molar-refractivity contribution in [2.45, 2.75) is 38.5 Å². The van der Waals surface area contributed by atoms with E-state index in [9.17, 15) is 27.2 Å². The van der Waals surface area contributed by atoms with Gasteiger partial charge in [0.15, 0.2) is 0 Å². The number of alkyl halides is 4. The highest BCUT2D eigenvalue weighted by Crippen LogP contribution is 2.22. The van der Waals surface area contributed by atoms with E-state index in [0.717, 1.165) is 13.8 Å². The molecule has 0 aromatic rings. The summed E-state index contributed by atoms with van der Waals surface area (Å²) in [6, 6.07) is 0. The second kappa shape index (κ2) is 5.13. The number of rotatable bonds is 4. The number of hydrogen-bond donors (Lipinski definition) is 0. The van der Waals surface area contributed by atoms with Gasteiger partial charge in [0.05, 0.1) is 0 Å². The third-order valence-corrected chi connectivity index (χ3v) is 1.68. The molecule has 0 saturated heterocycles. The molecule has 0 bridgehead atoms. The zero-order chi connectivity index (χ0) is 13.0. The first-order chi connectivity index (χ1) is 7.17. The average molecular weight is 246 g/mol. The van der Waals surface area contributed by atoms with Crippen LogP contribution < -0.4 is 0 Å². The summed E-state index contributed by atoms with van der Waals surface area (Å²) >= 11 is 0. The Balaban J connectivity index is 4.28. The summed E-state index contributed by atoms with van der Waals surface area (Å²) in [5.74, 6) is -12.1. The van der Waals surface area contributed by atoms with E-state index in [4.69, 9.17) is 0 Å². The zero-order valence-corrected chi connectivity index (χ0v) is 8.56. The second-order valence-electron chi connectivity index (χ2n) is 2.86. The van der Waals surface area contributed by atoms with Crippen molar-refractivity contribution in [2.24, 2.45) is 0 Å². The molecule has 0 aliphatic rings. The zero-order valence-electron chi connectivity index (χ0n) is 8.56. The van der Waals surface area contributed by atoms with Crippen LogP contribution in [0.1, 0.15) is 26.7 Å². The molecule has 0 aliphatic heterocycles. The van der Waals surface area contributed by atoms with Gasteiger partial charge in [-0.2, -0.15) is 17.6 Å². The predicted molar refractivity (Wildman–Crippen MR) is 42.7 cm³/mol. The normalized spacial score (nSPS) is 12.1. The molecule has 94 valence electrons. The van der Waals surface area contributed by atoms with Crippen molar-refractivity contribution < 1.29 is 36.9 Å². The van der Waals surface area contributed by atoms with Gasteiger partial charge in [-0.1, -0.05) is 13.8 Å². The third-order valence-electron chi connectivity index (χ3n) is 1.68. The molecule has 0 unspecified atom stereocenters. The van der Waals surface area contributed by atoms with Gasteiger partial charge in [0.1, 0.15) is 0 Å². The van der Waals surface area contributed by atoms with Crippen LogP contribution in [0.4, 0.5) is 17.6 Å². The summed E-state index contributed by atoms with van der Waals surface area (Å²) < 4.78 is 50.1. The van der Waals surface area contributed by atoms with Crippen molar-refractivity contribution >= 4 is 11.9 Å². The van der Waals surface area contributed by atoms with Crippen LogP contribution in [0.15, 0.2) is 0 Å². The van der Waals surface area contributed by atoms with Gasteiger partial charge in [0.25, 0.3) is 0 Å². The molecular weight excluding hydrogens is 236 g/mol. The highest BCUT2D eigenvalue weighted by atomic mass is 19.3. The standard InChI is InChI=1S/C8H10F4O4/c1-3-7(9,10)5(13)15-16-6(14)8(11,12)4-2/h3-4H2,1-2H3. The summed E-state index contributed by atoms with van der Waals surface area (Å²) in [5.41, 5.74) is 0. The molecule has 0 spiro atoms. The lowest BCUT2D eigenvalue weighted by Gasteiger charge is -2.13. The summed E-state index contributed by atoms with van der Waals surface area (Å²) in [4.78, 5) is 27.7. The van der Waals surface area contributed by atoms with Gasteiger partial charge < -0.3 is 0 Å². The van der Waals surface area contributed by atoms with E-state index < -0.39 is 36.6 Å². The molecule has 0 aliphatic carbocycles.